The monoisotopic (exact) mass is 289 g/mol. The highest BCUT2D eigenvalue weighted by molar-refractivity contribution is 7.89. The van der Waals surface area contributed by atoms with Crippen molar-refractivity contribution in [2.24, 2.45) is 0 Å². The highest BCUT2D eigenvalue weighted by Crippen LogP contribution is 2.41. The molecule has 3 N–H and O–H groups in total. The summed E-state index contributed by atoms with van der Waals surface area (Å²) in [6, 6.07) is 12.7. The lowest BCUT2D eigenvalue weighted by molar-refractivity contribution is 0.580. The SMILES string of the molecule is Nc1cc(S(=O)(=O)NC2CC2c2ccccc2)ccn1. The summed E-state index contributed by atoms with van der Waals surface area (Å²) < 4.78 is 27.1. The van der Waals surface area contributed by atoms with E-state index >= 15 is 0 Å². The second-order valence-corrected chi connectivity index (χ2v) is 6.61. The highest BCUT2D eigenvalue weighted by Gasteiger charge is 2.41. The van der Waals surface area contributed by atoms with E-state index in [9.17, 15) is 8.42 Å². The summed E-state index contributed by atoms with van der Waals surface area (Å²) in [5.41, 5.74) is 6.68. The van der Waals surface area contributed by atoms with Crippen LogP contribution in [-0.4, -0.2) is 19.4 Å². The summed E-state index contributed by atoms with van der Waals surface area (Å²) in [6.07, 6.45) is 2.22. The van der Waals surface area contributed by atoms with E-state index in [2.05, 4.69) is 9.71 Å². The topological polar surface area (TPSA) is 85.1 Å². The molecule has 0 bridgehead atoms. The maximum atomic E-state index is 12.2. The summed E-state index contributed by atoms with van der Waals surface area (Å²) in [7, 11) is -3.53. The van der Waals surface area contributed by atoms with Crippen LogP contribution in [0.5, 0.6) is 0 Å². The third kappa shape index (κ3) is 2.66. The van der Waals surface area contributed by atoms with Gasteiger partial charge in [0.15, 0.2) is 0 Å². The van der Waals surface area contributed by atoms with Crippen molar-refractivity contribution in [3.05, 3.63) is 54.2 Å². The van der Waals surface area contributed by atoms with Crippen LogP contribution in [0.25, 0.3) is 0 Å². The third-order valence-corrected chi connectivity index (χ3v) is 4.88. The molecule has 1 aromatic carbocycles. The fraction of sp³-hybridized carbons (Fsp3) is 0.214. The number of nitrogen functional groups attached to an aromatic ring is 1. The van der Waals surface area contributed by atoms with Crippen LogP contribution in [-0.2, 0) is 10.0 Å². The number of hydrogen-bond acceptors (Lipinski definition) is 4. The van der Waals surface area contributed by atoms with Crippen LogP contribution in [0.3, 0.4) is 0 Å². The molecule has 1 heterocycles. The fourth-order valence-electron chi connectivity index (χ4n) is 2.26. The minimum absolute atomic E-state index is 0.0446. The summed E-state index contributed by atoms with van der Waals surface area (Å²) in [4.78, 5) is 3.95. The van der Waals surface area contributed by atoms with Crippen LogP contribution in [0.2, 0.25) is 0 Å². The first-order chi connectivity index (χ1) is 9.56. The Balaban J connectivity index is 1.73. The molecule has 2 atom stereocenters. The van der Waals surface area contributed by atoms with Crippen LogP contribution >= 0.6 is 0 Å². The maximum absolute atomic E-state index is 12.2. The van der Waals surface area contributed by atoms with Crippen molar-refractivity contribution in [3.8, 4) is 0 Å². The van der Waals surface area contributed by atoms with Gasteiger partial charge in [-0.3, -0.25) is 0 Å². The highest BCUT2D eigenvalue weighted by atomic mass is 32.2. The fourth-order valence-corrected chi connectivity index (χ4v) is 3.57. The Morgan fingerprint density at radius 1 is 1.20 bits per heavy atom. The Hall–Kier alpha value is -1.92. The first-order valence-corrected chi connectivity index (χ1v) is 7.83. The predicted molar refractivity (Wildman–Crippen MR) is 76.6 cm³/mol. The van der Waals surface area contributed by atoms with E-state index in [-0.39, 0.29) is 22.7 Å². The average Bonchev–Trinajstić information content (AvgIpc) is 3.18. The number of pyridine rings is 1. The van der Waals surface area contributed by atoms with E-state index in [1.807, 2.05) is 30.3 Å². The second kappa shape index (κ2) is 4.88. The van der Waals surface area contributed by atoms with E-state index in [1.54, 1.807) is 0 Å². The molecule has 2 aromatic rings. The predicted octanol–water partition coefficient (Wildman–Crippen LogP) is 1.50. The normalized spacial score (nSPS) is 21.6. The van der Waals surface area contributed by atoms with Crippen LogP contribution in [0.4, 0.5) is 5.82 Å². The van der Waals surface area contributed by atoms with Crippen molar-refractivity contribution in [2.45, 2.75) is 23.3 Å². The minimum Gasteiger partial charge on any atom is -0.384 e. The van der Waals surface area contributed by atoms with E-state index in [1.165, 1.54) is 18.3 Å². The summed E-state index contributed by atoms with van der Waals surface area (Å²) in [5, 5.41) is 0. The molecule has 6 heteroatoms. The number of sulfonamides is 1. The number of nitrogens with two attached hydrogens (primary N) is 1. The molecule has 0 spiro atoms. The number of nitrogens with one attached hydrogen (secondary N) is 1. The molecular weight excluding hydrogens is 274 g/mol. The standard InChI is InChI=1S/C14H15N3O2S/c15-14-8-11(6-7-16-14)20(18,19)17-13-9-12(13)10-4-2-1-3-5-10/h1-8,12-13,17H,9H2,(H2,15,16). The largest absolute Gasteiger partial charge is 0.384 e. The summed E-state index contributed by atoms with van der Waals surface area (Å²) in [5.74, 6) is 0.452. The van der Waals surface area contributed by atoms with Gasteiger partial charge >= 0.3 is 0 Å². The number of nitrogens with zero attached hydrogens (tertiary/aromatic N) is 1. The number of rotatable bonds is 4. The molecule has 1 aliphatic rings. The molecule has 0 aliphatic heterocycles. The summed E-state index contributed by atoms with van der Waals surface area (Å²) in [6.45, 7) is 0. The van der Waals surface area contributed by atoms with Crippen molar-refractivity contribution in [3.63, 3.8) is 0 Å². The Labute approximate surface area is 117 Å². The molecule has 1 fully saturated rings. The van der Waals surface area contributed by atoms with Gasteiger partial charge in [-0.1, -0.05) is 30.3 Å². The molecule has 3 rings (SSSR count). The lowest BCUT2D eigenvalue weighted by Crippen LogP contribution is -2.27. The number of anilines is 1. The number of benzene rings is 1. The van der Waals surface area contributed by atoms with Crippen LogP contribution in [0, 0.1) is 0 Å². The van der Waals surface area contributed by atoms with Gasteiger partial charge < -0.3 is 5.73 Å². The third-order valence-electron chi connectivity index (χ3n) is 3.39. The van der Waals surface area contributed by atoms with Crippen LogP contribution in [0.1, 0.15) is 17.9 Å². The van der Waals surface area contributed by atoms with Gasteiger partial charge in [-0.25, -0.2) is 18.1 Å². The molecule has 104 valence electrons. The number of aromatic nitrogens is 1. The van der Waals surface area contributed by atoms with Gasteiger partial charge in [-0.15, -0.1) is 0 Å². The van der Waals surface area contributed by atoms with Gasteiger partial charge in [0.1, 0.15) is 5.82 Å². The first kappa shape index (κ1) is 13.1. The molecule has 1 aromatic heterocycles. The van der Waals surface area contributed by atoms with Crippen molar-refractivity contribution in [2.75, 3.05) is 5.73 Å². The molecule has 2 unspecified atom stereocenters. The maximum Gasteiger partial charge on any atom is 0.241 e. The van der Waals surface area contributed by atoms with Crippen LogP contribution in [0.15, 0.2) is 53.6 Å². The molecule has 0 saturated heterocycles. The van der Waals surface area contributed by atoms with Gasteiger partial charge in [0.05, 0.1) is 4.90 Å². The quantitative estimate of drug-likeness (QED) is 0.893. The van der Waals surface area contributed by atoms with E-state index in [4.69, 9.17) is 5.73 Å². The van der Waals surface area contributed by atoms with Crippen LogP contribution < -0.4 is 10.5 Å². The Morgan fingerprint density at radius 2 is 1.95 bits per heavy atom. The lowest BCUT2D eigenvalue weighted by atomic mass is 10.1. The molecule has 1 aliphatic carbocycles. The molecule has 20 heavy (non-hydrogen) atoms. The lowest BCUT2D eigenvalue weighted by Gasteiger charge is -2.07. The first-order valence-electron chi connectivity index (χ1n) is 6.35. The van der Waals surface area contributed by atoms with Crippen molar-refractivity contribution < 1.29 is 8.42 Å². The molecule has 5 nitrogen and oxygen atoms in total. The van der Waals surface area contributed by atoms with Gasteiger partial charge in [-0.2, -0.15) is 0 Å². The summed E-state index contributed by atoms with van der Waals surface area (Å²) >= 11 is 0. The molecule has 0 amide bonds. The van der Waals surface area contributed by atoms with Crippen molar-refractivity contribution in [1.29, 1.82) is 0 Å². The van der Waals surface area contributed by atoms with Gasteiger partial charge in [0.2, 0.25) is 10.0 Å². The molecule has 1 saturated carbocycles. The number of hydrogen-bond donors (Lipinski definition) is 2. The van der Waals surface area contributed by atoms with Crippen molar-refractivity contribution in [1.82, 2.24) is 9.71 Å². The second-order valence-electron chi connectivity index (χ2n) is 4.90. The van der Waals surface area contributed by atoms with E-state index < -0.39 is 10.0 Å². The van der Waals surface area contributed by atoms with E-state index in [0.29, 0.717) is 0 Å². The smallest absolute Gasteiger partial charge is 0.241 e. The van der Waals surface area contributed by atoms with Gasteiger partial charge in [-0.05, 0) is 18.1 Å². The zero-order valence-electron chi connectivity index (χ0n) is 10.7. The Bertz CT molecular complexity index is 716. The Kier molecular flexibility index (Phi) is 3.19. The molecular formula is C14H15N3O2S. The van der Waals surface area contributed by atoms with Crippen molar-refractivity contribution >= 4 is 15.8 Å². The minimum atomic E-state index is -3.53. The van der Waals surface area contributed by atoms with Gasteiger partial charge in [0.25, 0.3) is 0 Å². The molecule has 0 radical (unpaired) electrons. The average molecular weight is 289 g/mol. The van der Waals surface area contributed by atoms with Gasteiger partial charge in [0, 0.05) is 24.2 Å². The zero-order valence-corrected chi connectivity index (χ0v) is 11.5. The Morgan fingerprint density at radius 3 is 2.65 bits per heavy atom. The van der Waals surface area contributed by atoms with E-state index in [0.717, 1.165) is 12.0 Å². The zero-order chi connectivity index (χ0) is 14.2.